The van der Waals surface area contributed by atoms with Crippen molar-refractivity contribution in [1.82, 2.24) is 14.6 Å². The van der Waals surface area contributed by atoms with Gasteiger partial charge in [0, 0.05) is 19.3 Å². The second-order valence-corrected chi connectivity index (χ2v) is 6.34. The van der Waals surface area contributed by atoms with Crippen LogP contribution in [0.25, 0.3) is 0 Å². The first kappa shape index (κ1) is 17.5. The Morgan fingerprint density at radius 3 is 2.43 bits per heavy atom. The molecule has 0 aliphatic rings. The van der Waals surface area contributed by atoms with Crippen LogP contribution < -0.4 is 10.5 Å². The molecule has 1 rings (SSSR count). The van der Waals surface area contributed by atoms with Crippen LogP contribution in [-0.2, 0) is 14.8 Å². The maximum absolute atomic E-state index is 12.0. The van der Waals surface area contributed by atoms with Crippen LogP contribution in [0, 0.1) is 0 Å². The van der Waals surface area contributed by atoms with E-state index in [9.17, 15) is 13.2 Å². The molecule has 0 fully saturated rings. The highest BCUT2D eigenvalue weighted by Gasteiger charge is 2.18. The number of carbonyl (C=O) groups is 1. The summed E-state index contributed by atoms with van der Waals surface area (Å²) in [7, 11) is -3.79. The molecule has 0 saturated heterocycles. The molecule has 0 aromatic carbocycles. The van der Waals surface area contributed by atoms with Crippen LogP contribution in [0.1, 0.15) is 19.5 Å². The van der Waals surface area contributed by atoms with Crippen LogP contribution >= 0.6 is 12.2 Å². The molecule has 0 aliphatic carbocycles. The van der Waals surface area contributed by atoms with Gasteiger partial charge in [0.15, 0.2) is 0 Å². The lowest BCUT2D eigenvalue weighted by molar-refractivity contribution is -0.129. The minimum absolute atomic E-state index is 0.0464. The highest BCUT2D eigenvalue weighted by molar-refractivity contribution is 7.89. The summed E-state index contributed by atoms with van der Waals surface area (Å²) in [6, 6.07) is 2.76. The average Bonchev–Trinajstić information content (AvgIpc) is 2.46. The molecule has 0 radical (unpaired) electrons. The Morgan fingerprint density at radius 2 is 2.00 bits per heavy atom. The molecule has 7 nitrogen and oxygen atoms in total. The van der Waals surface area contributed by atoms with Crippen LogP contribution in [0.5, 0.6) is 0 Å². The normalized spacial score (nSPS) is 11.1. The van der Waals surface area contributed by atoms with Crippen molar-refractivity contribution in [3.63, 3.8) is 0 Å². The largest absolute Gasteiger partial charge is 0.388 e. The molecule has 3 N–H and O–H groups in total. The molecule has 9 heteroatoms. The predicted molar refractivity (Wildman–Crippen MR) is 83.2 cm³/mol. The van der Waals surface area contributed by atoms with Crippen molar-refractivity contribution in [3.8, 4) is 0 Å². The summed E-state index contributed by atoms with van der Waals surface area (Å²) in [4.78, 5) is 17.2. The van der Waals surface area contributed by atoms with E-state index in [0.717, 1.165) is 6.20 Å². The molecule has 0 unspecified atom stereocenters. The van der Waals surface area contributed by atoms with Crippen molar-refractivity contribution in [1.29, 1.82) is 0 Å². The van der Waals surface area contributed by atoms with E-state index in [1.165, 1.54) is 17.0 Å². The SMILES string of the molecule is CCN(CC)C(=O)CNS(=O)(=O)c1ccc(C(N)=S)nc1. The smallest absolute Gasteiger partial charge is 0.242 e. The van der Waals surface area contributed by atoms with Crippen molar-refractivity contribution in [3.05, 3.63) is 24.0 Å². The molecular formula is C12H18N4O3S2. The van der Waals surface area contributed by atoms with Gasteiger partial charge in [0.2, 0.25) is 15.9 Å². The fourth-order valence-electron chi connectivity index (χ4n) is 1.61. The van der Waals surface area contributed by atoms with Gasteiger partial charge in [0.1, 0.15) is 9.88 Å². The van der Waals surface area contributed by atoms with Crippen molar-refractivity contribution in [2.45, 2.75) is 18.7 Å². The Morgan fingerprint density at radius 1 is 1.38 bits per heavy atom. The van der Waals surface area contributed by atoms with E-state index >= 15 is 0 Å². The molecular weight excluding hydrogens is 312 g/mol. The number of sulfonamides is 1. The third-order valence-corrected chi connectivity index (χ3v) is 4.42. The van der Waals surface area contributed by atoms with Crippen molar-refractivity contribution in [2.24, 2.45) is 5.73 Å². The lowest BCUT2D eigenvalue weighted by Crippen LogP contribution is -2.40. The van der Waals surface area contributed by atoms with Gasteiger partial charge in [0.25, 0.3) is 0 Å². The number of hydrogen-bond donors (Lipinski definition) is 2. The highest BCUT2D eigenvalue weighted by Crippen LogP contribution is 2.07. The number of pyridine rings is 1. The Balaban J connectivity index is 2.78. The average molecular weight is 330 g/mol. The zero-order valence-corrected chi connectivity index (χ0v) is 13.5. The van der Waals surface area contributed by atoms with Crippen molar-refractivity contribution in [2.75, 3.05) is 19.6 Å². The number of nitrogens with one attached hydrogen (secondary N) is 1. The van der Waals surface area contributed by atoms with Gasteiger partial charge in [-0.2, -0.15) is 0 Å². The monoisotopic (exact) mass is 330 g/mol. The molecule has 1 aromatic heterocycles. The molecule has 0 spiro atoms. The topological polar surface area (TPSA) is 105 Å². The lowest BCUT2D eigenvalue weighted by atomic mass is 10.3. The van der Waals surface area contributed by atoms with Crippen LogP contribution in [0.3, 0.4) is 0 Å². The number of aromatic nitrogens is 1. The second-order valence-electron chi connectivity index (χ2n) is 4.13. The number of rotatable bonds is 7. The van der Waals surface area contributed by atoms with E-state index in [1.807, 2.05) is 13.8 Å². The molecule has 0 saturated carbocycles. The van der Waals surface area contributed by atoms with Gasteiger partial charge in [-0.05, 0) is 26.0 Å². The third-order valence-electron chi connectivity index (χ3n) is 2.83. The first-order valence-corrected chi connectivity index (χ1v) is 8.24. The summed E-state index contributed by atoms with van der Waals surface area (Å²) in [5.41, 5.74) is 5.73. The summed E-state index contributed by atoms with van der Waals surface area (Å²) in [6.07, 6.45) is 1.15. The van der Waals surface area contributed by atoms with Gasteiger partial charge in [-0.25, -0.2) is 13.1 Å². The van der Waals surface area contributed by atoms with Crippen LogP contribution in [-0.4, -0.2) is 48.8 Å². The number of amides is 1. The quantitative estimate of drug-likeness (QED) is 0.674. The van der Waals surface area contributed by atoms with Crippen LogP contribution in [0.15, 0.2) is 23.2 Å². The Hall–Kier alpha value is -1.58. The fourth-order valence-corrected chi connectivity index (χ4v) is 2.65. The van der Waals surface area contributed by atoms with Gasteiger partial charge in [-0.1, -0.05) is 12.2 Å². The Labute approximate surface area is 129 Å². The van der Waals surface area contributed by atoms with Crippen LogP contribution in [0.2, 0.25) is 0 Å². The van der Waals surface area contributed by atoms with Gasteiger partial charge in [-0.3, -0.25) is 9.78 Å². The molecule has 21 heavy (non-hydrogen) atoms. The summed E-state index contributed by atoms with van der Waals surface area (Å²) < 4.78 is 26.3. The molecule has 0 aliphatic heterocycles. The zero-order chi connectivity index (χ0) is 16.0. The Kier molecular flexibility index (Phi) is 6.19. The number of thiocarbonyl (C=S) groups is 1. The highest BCUT2D eigenvalue weighted by atomic mass is 32.2. The molecule has 1 aromatic rings. The third kappa shape index (κ3) is 4.73. The van der Waals surface area contributed by atoms with Gasteiger partial charge < -0.3 is 10.6 Å². The molecule has 1 heterocycles. The summed E-state index contributed by atoms with van der Waals surface area (Å²) in [5.74, 6) is -0.281. The summed E-state index contributed by atoms with van der Waals surface area (Å²) in [5, 5.41) is 0. The summed E-state index contributed by atoms with van der Waals surface area (Å²) in [6.45, 7) is 4.42. The number of nitrogens with zero attached hydrogens (tertiary/aromatic N) is 2. The number of hydrogen-bond acceptors (Lipinski definition) is 5. The van der Waals surface area contributed by atoms with Gasteiger partial charge >= 0.3 is 0 Å². The molecule has 1 amide bonds. The summed E-state index contributed by atoms with van der Waals surface area (Å²) >= 11 is 4.74. The fraction of sp³-hybridized carbons (Fsp3) is 0.417. The van der Waals surface area contributed by atoms with Crippen molar-refractivity contribution >= 4 is 33.1 Å². The first-order chi connectivity index (χ1) is 9.81. The molecule has 0 atom stereocenters. The van der Waals surface area contributed by atoms with E-state index in [-0.39, 0.29) is 22.3 Å². The molecule has 116 valence electrons. The van der Waals surface area contributed by atoms with Crippen LogP contribution in [0.4, 0.5) is 0 Å². The van der Waals surface area contributed by atoms with Gasteiger partial charge in [-0.15, -0.1) is 0 Å². The minimum atomic E-state index is -3.79. The van der Waals surface area contributed by atoms with E-state index in [2.05, 4.69) is 9.71 Å². The number of nitrogens with two attached hydrogens (primary N) is 1. The minimum Gasteiger partial charge on any atom is -0.388 e. The van der Waals surface area contributed by atoms with E-state index in [0.29, 0.717) is 18.8 Å². The predicted octanol–water partition coefficient (Wildman–Crippen LogP) is -0.137. The zero-order valence-electron chi connectivity index (χ0n) is 11.9. The second kappa shape index (κ2) is 7.43. The van der Waals surface area contributed by atoms with E-state index in [4.69, 9.17) is 18.0 Å². The first-order valence-electron chi connectivity index (χ1n) is 6.35. The number of carbonyl (C=O) groups excluding carboxylic acids is 1. The maximum Gasteiger partial charge on any atom is 0.242 e. The number of likely N-dealkylation sites (N-methyl/N-ethyl adjacent to an activating group) is 1. The van der Waals surface area contributed by atoms with Crippen molar-refractivity contribution < 1.29 is 13.2 Å². The van der Waals surface area contributed by atoms with E-state index < -0.39 is 10.0 Å². The van der Waals surface area contributed by atoms with Gasteiger partial charge in [0.05, 0.1) is 12.2 Å². The Bertz CT molecular complexity index is 610. The molecule has 0 bridgehead atoms. The maximum atomic E-state index is 12.0. The lowest BCUT2D eigenvalue weighted by Gasteiger charge is -2.18. The standard InChI is InChI=1S/C12H18N4O3S2/c1-3-16(4-2)11(17)8-15-21(18,19)9-5-6-10(12(13)20)14-7-9/h5-7,15H,3-4,8H2,1-2H3,(H2,13,20). The van der Waals surface area contributed by atoms with E-state index in [1.54, 1.807) is 0 Å².